The van der Waals surface area contributed by atoms with E-state index in [0.29, 0.717) is 26.1 Å². The summed E-state index contributed by atoms with van der Waals surface area (Å²) in [6.45, 7) is 3.70. The Bertz CT molecular complexity index is 504. The van der Waals surface area contributed by atoms with Crippen LogP contribution in [-0.4, -0.2) is 32.8 Å². The molecule has 0 saturated heterocycles. The topological polar surface area (TPSA) is 38.1 Å². The number of halogens is 2. The average molecular weight is 269 g/mol. The number of amides is 1. The molecule has 19 heavy (non-hydrogen) atoms. The number of imidazole rings is 1. The zero-order valence-electron chi connectivity index (χ0n) is 10.9. The number of nitrogens with zero attached hydrogens (tertiary/aromatic N) is 3. The normalized spacial score (nSPS) is 21.9. The molecule has 2 heterocycles. The third-order valence-corrected chi connectivity index (χ3v) is 4.03. The molecule has 6 heteroatoms. The number of hydrogen-bond acceptors (Lipinski definition) is 2. The predicted molar refractivity (Wildman–Crippen MR) is 64.9 cm³/mol. The van der Waals surface area contributed by atoms with E-state index in [1.165, 1.54) is 0 Å². The van der Waals surface area contributed by atoms with Gasteiger partial charge in [-0.2, -0.15) is 0 Å². The molecule has 0 bridgehead atoms. The fourth-order valence-electron chi connectivity index (χ4n) is 2.91. The molecule has 1 aromatic rings. The molecule has 4 nitrogen and oxygen atoms in total. The SMILES string of the molecule is CCC(=O)N1CCn2c(cnc2C2CC(F)(F)C2)C1. The molecule has 1 amide bonds. The minimum atomic E-state index is -2.52. The molecule has 1 aliphatic carbocycles. The van der Waals surface area contributed by atoms with E-state index in [0.717, 1.165) is 11.5 Å². The Morgan fingerprint density at radius 2 is 2.21 bits per heavy atom. The van der Waals surface area contributed by atoms with Crippen molar-refractivity contribution in [1.82, 2.24) is 14.5 Å². The molecular weight excluding hydrogens is 252 g/mol. The van der Waals surface area contributed by atoms with E-state index in [4.69, 9.17) is 0 Å². The highest BCUT2D eigenvalue weighted by atomic mass is 19.3. The molecular formula is C13H17F2N3O. The van der Waals surface area contributed by atoms with E-state index < -0.39 is 5.92 Å². The summed E-state index contributed by atoms with van der Waals surface area (Å²) in [6, 6.07) is 0. The van der Waals surface area contributed by atoms with Crippen LogP contribution in [0.1, 0.15) is 43.6 Å². The lowest BCUT2D eigenvalue weighted by Crippen LogP contribution is -2.40. The molecule has 1 aromatic heterocycles. The summed E-state index contributed by atoms with van der Waals surface area (Å²) in [4.78, 5) is 17.8. The van der Waals surface area contributed by atoms with Gasteiger partial charge in [0.1, 0.15) is 5.82 Å². The van der Waals surface area contributed by atoms with Crippen LogP contribution in [0.15, 0.2) is 6.20 Å². The number of aromatic nitrogens is 2. The standard InChI is InChI=1S/C13H17F2N3O/c1-2-11(19)17-3-4-18-10(8-17)7-16-12(18)9-5-13(14,15)6-9/h7,9H,2-6,8H2,1H3. The van der Waals surface area contributed by atoms with E-state index in [-0.39, 0.29) is 24.7 Å². The maximum Gasteiger partial charge on any atom is 0.249 e. The van der Waals surface area contributed by atoms with Crippen molar-refractivity contribution in [2.45, 2.75) is 51.1 Å². The second-order valence-corrected chi connectivity index (χ2v) is 5.39. The first-order valence-corrected chi connectivity index (χ1v) is 6.70. The first-order chi connectivity index (χ1) is 9.00. The molecule has 1 saturated carbocycles. The maximum atomic E-state index is 12.9. The van der Waals surface area contributed by atoms with E-state index >= 15 is 0 Å². The van der Waals surface area contributed by atoms with Crippen molar-refractivity contribution in [3.8, 4) is 0 Å². The zero-order valence-corrected chi connectivity index (χ0v) is 10.9. The van der Waals surface area contributed by atoms with E-state index in [1.54, 1.807) is 11.1 Å². The Labute approximate surface area is 110 Å². The molecule has 0 unspecified atom stereocenters. The van der Waals surface area contributed by atoms with Gasteiger partial charge in [-0.25, -0.2) is 13.8 Å². The number of alkyl halides is 2. The van der Waals surface area contributed by atoms with Crippen LogP contribution < -0.4 is 0 Å². The molecule has 1 fully saturated rings. The van der Waals surface area contributed by atoms with Gasteiger partial charge in [-0.15, -0.1) is 0 Å². The summed E-state index contributed by atoms with van der Waals surface area (Å²) in [6.07, 6.45) is 2.03. The third-order valence-electron chi connectivity index (χ3n) is 4.03. The van der Waals surface area contributed by atoms with Crippen molar-refractivity contribution in [2.75, 3.05) is 6.54 Å². The predicted octanol–water partition coefficient (Wildman–Crippen LogP) is 2.15. The average Bonchev–Trinajstić information content (AvgIpc) is 2.77. The molecule has 104 valence electrons. The highest BCUT2D eigenvalue weighted by Crippen LogP contribution is 2.48. The first kappa shape index (κ1) is 12.6. The highest BCUT2D eigenvalue weighted by molar-refractivity contribution is 5.75. The van der Waals surface area contributed by atoms with Gasteiger partial charge >= 0.3 is 0 Å². The van der Waals surface area contributed by atoms with E-state index in [1.807, 2.05) is 11.5 Å². The Balaban J connectivity index is 1.75. The van der Waals surface area contributed by atoms with Gasteiger partial charge in [0.25, 0.3) is 0 Å². The minimum Gasteiger partial charge on any atom is -0.335 e. The summed E-state index contributed by atoms with van der Waals surface area (Å²) < 4.78 is 27.9. The number of rotatable bonds is 2. The van der Waals surface area contributed by atoms with Crippen molar-refractivity contribution in [3.05, 3.63) is 17.7 Å². The van der Waals surface area contributed by atoms with Crippen LogP contribution in [0.5, 0.6) is 0 Å². The molecule has 2 aliphatic rings. The molecule has 0 radical (unpaired) electrons. The summed E-state index contributed by atoms with van der Waals surface area (Å²) in [5.74, 6) is -1.75. The van der Waals surface area contributed by atoms with Crippen molar-refractivity contribution < 1.29 is 13.6 Å². The lowest BCUT2D eigenvalue weighted by molar-refractivity contribution is -0.132. The van der Waals surface area contributed by atoms with Crippen LogP contribution in [0.2, 0.25) is 0 Å². The van der Waals surface area contributed by atoms with Gasteiger partial charge in [0, 0.05) is 38.3 Å². The van der Waals surface area contributed by atoms with Crippen molar-refractivity contribution in [3.63, 3.8) is 0 Å². The van der Waals surface area contributed by atoms with Crippen molar-refractivity contribution >= 4 is 5.91 Å². The Morgan fingerprint density at radius 3 is 2.84 bits per heavy atom. The van der Waals surface area contributed by atoms with Crippen LogP contribution >= 0.6 is 0 Å². The lowest BCUT2D eigenvalue weighted by atomic mass is 9.80. The highest BCUT2D eigenvalue weighted by Gasteiger charge is 2.48. The Hall–Kier alpha value is -1.46. The third kappa shape index (κ3) is 2.13. The van der Waals surface area contributed by atoms with Crippen LogP contribution in [-0.2, 0) is 17.9 Å². The van der Waals surface area contributed by atoms with Crippen molar-refractivity contribution in [1.29, 1.82) is 0 Å². The van der Waals surface area contributed by atoms with Gasteiger partial charge < -0.3 is 9.47 Å². The Morgan fingerprint density at radius 1 is 1.47 bits per heavy atom. The lowest BCUT2D eigenvalue weighted by Gasteiger charge is -2.36. The molecule has 0 atom stereocenters. The van der Waals surface area contributed by atoms with Gasteiger partial charge in [-0.3, -0.25) is 4.79 Å². The summed E-state index contributed by atoms with van der Waals surface area (Å²) in [5.41, 5.74) is 0.957. The molecule has 1 aliphatic heterocycles. The number of fused-ring (bicyclic) bond motifs is 1. The minimum absolute atomic E-state index is 0.0962. The Kier molecular flexibility index (Phi) is 2.83. The fourth-order valence-corrected chi connectivity index (χ4v) is 2.91. The van der Waals surface area contributed by atoms with Gasteiger partial charge in [0.05, 0.1) is 18.4 Å². The maximum absolute atomic E-state index is 12.9. The number of carbonyl (C=O) groups excluding carboxylic acids is 1. The summed E-state index contributed by atoms with van der Waals surface area (Å²) in [7, 11) is 0. The van der Waals surface area contributed by atoms with Gasteiger partial charge in [0.15, 0.2) is 0 Å². The van der Waals surface area contributed by atoms with Crippen LogP contribution in [0.3, 0.4) is 0 Å². The van der Waals surface area contributed by atoms with Gasteiger partial charge in [-0.05, 0) is 0 Å². The molecule has 0 N–H and O–H groups in total. The largest absolute Gasteiger partial charge is 0.335 e. The van der Waals surface area contributed by atoms with Crippen LogP contribution in [0, 0.1) is 0 Å². The van der Waals surface area contributed by atoms with Crippen LogP contribution in [0.25, 0.3) is 0 Å². The number of hydrogen-bond donors (Lipinski definition) is 0. The summed E-state index contributed by atoms with van der Waals surface area (Å²) >= 11 is 0. The second kappa shape index (κ2) is 4.28. The molecule has 3 rings (SSSR count). The zero-order chi connectivity index (χ0) is 13.6. The second-order valence-electron chi connectivity index (χ2n) is 5.39. The first-order valence-electron chi connectivity index (χ1n) is 6.70. The monoisotopic (exact) mass is 269 g/mol. The van der Waals surface area contributed by atoms with Crippen LogP contribution in [0.4, 0.5) is 8.78 Å². The number of carbonyl (C=O) groups is 1. The smallest absolute Gasteiger partial charge is 0.249 e. The van der Waals surface area contributed by atoms with Crippen molar-refractivity contribution in [2.24, 2.45) is 0 Å². The molecule has 0 aromatic carbocycles. The summed E-state index contributed by atoms with van der Waals surface area (Å²) in [5, 5.41) is 0. The van der Waals surface area contributed by atoms with E-state index in [2.05, 4.69) is 4.98 Å². The van der Waals surface area contributed by atoms with Gasteiger partial charge in [-0.1, -0.05) is 6.92 Å². The van der Waals surface area contributed by atoms with Gasteiger partial charge in [0.2, 0.25) is 11.8 Å². The quantitative estimate of drug-likeness (QED) is 0.825. The van der Waals surface area contributed by atoms with E-state index in [9.17, 15) is 13.6 Å². The fraction of sp³-hybridized carbons (Fsp3) is 0.692. The molecule has 0 spiro atoms.